The molecule has 4 rings (SSSR count). The quantitative estimate of drug-likeness (QED) is 0.874. The molecule has 1 fully saturated rings. The van der Waals surface area contributed by atoms with Gasteiger partial charge in [-0.15, -0.1) is 11.3 Å². The largest absolute Gasteiger partial charge is 0.381 e. The first kappa shape index (κ1) is 17.1. The summed E-state index contributed by atoms with van der Waals surface area (Å²) in [6.07, 6.45) is 6.68. The maximum atomic E-state index is 12.8. The van der Waals surface area contributed by atoms with Gasteiger partial charge in [-0.2, -0.15) is 5.10 Å². The Labute approximate surface area is 156 Å². The smallest absolute Gasteiger partial charge is 0.255 e. The fourth-order valence-corrected chi connectivity index (χ4v) is 5.24. The van der Waals surface area contributed by atoms with E-state index in [1.54, 1.807) is 17.5 Å². The summed E-state index contributed by atoms with van der Waals surface area (Å²) in [5.74, 6) is -0.0454. The topological polar surface area (TPSA) is 56.2 Å². The standard InChI is InChI=1S/C18H22ClN3O2S/c1-11-14(10-20-22(11)12-5-7-24-8-6-12)18(23)21-15-3-2-4-16-13(15)9-17(19)25-16/h9-10,12,15H,2-8H2,1H3,(H,21,23)/t15-/m0/s1. The summed E-state index contributed by atoms with van der Waals surface area (Å²) in [7, 11) is 0. The molecule has 0 saturated carbocycles. The highest BCUT2D eigenvalue weighted by Gasteiger charge is 2.27. The molecule has 1 N–H and O–H groups in total. The molecule has 1 amide bonds. The van der Waals surface area contributed by atoms with Crippen LogP contribution in [-0.2, 0) is 11.2 Å². The molecule has 0 bridgehead atoms. The van der Waals surface area contributed by atoms with E-state index >= 15 is 0 Å². The van der Waals surface area contributed by atoms with Crippen molar-refractivity contribution in [2.45, 2.75) is 51.1 Å². The third-order valence-corrected chi connectivity index (χ3v) is 6.55. The van der Waals surface area contributed by atoms with E-state index in [2.05, 4.69) is 10.4 Å². The lowest BCUT2D eigenvalue weighted by Crippen LogP contribution is -2.31. The number of amides is 1. The van der Waals surface area contributed by atoms with Crippen molar-refractivity contribution in [3.8, 4) is 0 Å². The molecule has 2 aromatic heterocycles. The lowest BCUT2D eigenvalue weighted by molar-refractivity contribution is 0.0656. The van der Waals surface area contributed by atoms with Gasteiger partial charge in [0.25, 0.3) is 5.91 Å². The van der Waals surface area contributed by atoms with Crippen LogP contribution in [0.3, 0.4) is 0 Å². The van der Waals surface area contributed by atoms with Crippen LogP contribution in [-0.4, -0.2) is 28.9 Å². The SMILES string of the molecule is Cc1c(C(=O)N[C@H]2CCCc3sc(Cl)cc32)cnn1C1CCOCC1. The summed E-state index contributed by atoms with van der Waals surface area (Å²) in [6.45, 7) is 3.50. The first-order valence-corrected chi connectivity index (χ1v) is 10.0. The van der Waals surface area contributed by atoms with E-state index in [1.807, 2.05) is 17.7 Å². The van der Waals surface area contributed by atoms with Crippen LogP contribution in [0.2, 0.25) is 4.34 Å². The third-order valence-electron chi connectivity index (χ3n) is 5.22. The normalized spacial score (nSPS) is 21.1. The number of hydrogen-bond donors (Lipinski definition) is 1. The molecule has 134 valence electrons. The fourth-order valence-electron chi connectivity index (χ4n) is 3.85. The number of fused-ring (bicyclic) bond motifs is 1. The van der Waals surface area contributed by atoms with E-state index in [0.29, 0.717) is 11.6 Å². The summed E-state index contributed by atoms with van der Waals surface area (Å²) in [6, 6.07) is 2.38. The summed E-state index contributed by atoms with van der Waals surface area (Å²) >= 11 is 7.80. The first-order chi connectivity index (χ1) is 12.1. The number of carbonyl (C=O) groups excluding carboxylic acids is 1. The Hall–Kier alpha value is -1.37. The Morgan fingerprint density at radius 1 is 1.40 bits per heavy atom. The van der Waals surface area contributed by atoms with Gasteiger partial charge in [-0.05, 0) is 50.7 Å². The second kappa shape index (κ2) is 7.09. The van der Waals surface area contributed by atoms with E-state index in [9.17, 15) is 4.79 Å². The molecule has 25 heavy (non-hydrogen) atoms. The van der Waals surface area contributed by atoms with Crippen molar-refractivity contribution in [3.63, 3.8) is 0 Å². The molecule has 0 unspecified atom stereocenters. The van der Waals surface area contributed by atoms with E-state index in [4.69, 9.17) is 16.3 Å². The molecule has 0 aromatic carbocycles. The number of aromatic nitrogens is 2. The summed E-state index contributed by atoms with van der Waals surface area (Å²) in [5.41, 5.74) is 2.78. The lowest BCUT2D eigenvalue weighted by atomic mass is 9.94. The first-order valence-electron chi connectivity index (χ1n) is 8.84. The van der Waals surface area contributed by atoms with Crippen LogP contribution in [0.4, 0.5) is 0 Å². The second-order valence-corrected chi connectivity index (χ2v) is 8.55. The molecule has 0 spiro atoms. The number of rotatable bonds is 3. The maximum Gasteiger partial charge on any atom is 0.255 e. The van der Waals surface area contributed by atoms with Gasteiger partial charge in [-0.25, -0.2) is 0 Å². The van der Waals surface area contributed by atoms with Crippen LogP contribution >= 0.6 is 22.9 Å². The minimum absolute atomic E-state index is 0.0454. The van der Waals surface area contributed by atoms with Gasteiger partial charge >= 0.3 is 0 Å². The molecule has 3 heterocycles. The van der Waals surface area contributed by atoms with E-state index in [0.717, 1.165) is 55.3 Å². The zero-order valence-corrected chi connectivity index (χ0v) is 15.8. The van der Waals surface area contributed by atoms with Crippen LogP contribution in [0.5, 0.6) is 0 Å². The van der Waals surface area contributed by atoms with Crippen molar-refractivity contribution in [1.82, 2.24) is 15.1 Å². The van der Waals surface area contributed by atoms with Crippen molar-refractivity contribution in [2.24, 2.45) is 0 Å². The monoisotopic (exact) mass is 379 g/mol. The number of aryl methyl sites for hydroxylation is 1. The molecule has 1 atom stereocenters. The van der Waals surface area contributed by atoms with E-state index in [1.165, 1.54) is 10.4 Å². The van der Waals surface area contributed by atoms with Gasteiger partial charge in [0.15, 0.2) is 0 Å². The highest BCUT2D eigenvalue weighted by Crippen LogP contribution is 2.38. The Balaban J connectivity index is 1.51. The highest BCUT2D eigenvalue weighted by molar-refractivity contribution is 7.16. The molecular formula is C18H22ClN3O2S. The summed E-state index contributed by atoms with van der Waals surface area (Å²) in [5, 5.41) is 7.68. The molecule has 2 aliphatic rings. The van der Waals surface area contributed by atoms with Gasteiger partial charge in [-0.3, -0.25) is 9.48 Å². The Morgan fingerprint density at radius 3 is 3.00 bits per heavy atom. The molecule has 7 heteroatoms. The van der Waals surface area contributed by atoms with Crippen LogP contribution in [0.15, 0.2) is 12.3 Å². The van der Waals surface area contributed by atoms with Crippen molar-refractivity contribution >= 4 is 28.8 Å². The van der Waals surface area contributed by atoms with Crippen molar-refractivity contribution in [3.05, 3.63) is 38.3 Å². The van der Waals surface area contributed by atoms with E-state index in [-0.39, 0.29) is 11.9 Å². The van der Waals surface area contributed by atoms with Gasteiger partial charge in [0, 0.05) is 23.8 Å². The molecule has 5 nitrogen and oxygen atoms in total. The zero-order valence-electron chi connectivity index (χ0n) is 14.3. The Bertz CT molecular complexity index is 779. The van der Waals surface area contributed by atoms with Crippen LogP contribution < -0.4 is 5.32 Å². The third kappa shape index (κ3) is 3.35. The number of hydrogen-bond acceptors (Lipinski definition) is 4. The molecule has 1 aliphatic heterocycles. The number of thiophene rings is 1. The van der Waals surface area contributed by atoms with Gasteiger partial charge in [-0.1, -0.05) is 11.6 Å². The summed E-state index contributed by atoms with van der Waals surface area (Å²) < 4.78 is 8.21. The number of nitrogens with one attached hydrogen (secondary N) is 1. The van der Waals surface area contributed by atoms with Gasteiger partial charge in [0.2, 0.25) is 0 Å². The number of nitrogens with zero attached hydrogens (tertiary/aromatic N) is 2. The minimum atomic E-state index is -0.0454. The minimum Gasteiger partial charge on any atom is -0.381 e. The molecule has 2 aromatic rings. The number of carbonyl (C=O) groups is 1. The predicted molar refractivity (Wildman–Crippen MR) is 98.5 cm³/mol. The van der Waals surface area contributed by atoms with Crippen molar-refractivity contribution < 1.29 is 9.53 Å². The second-order valence-electron chi connectivity index (χ2n) is 6.78. The molecule has 1 saturated heterocycles. The average molecular weight is 380 g/mol. The fraction of sp³-hybridized carbons (Fsp3) is 0.556. The molecular weight excluding hydrogens is 358 g/mol. The van der Waals surface area contributed by atoms with Gasteiger partial charge in [0.1, 0.15) is 0 Å². The molecule has 1 aliphatic carbocycles. The predicted octanol–water partition coefficient (Wildman–Crippen LogP) is 4.07. The number of halogens is 1. The van der Waals surface area contributed by atoms with Gasteiger partial charge < -0.3 is 10.1 Å². The van der Waals surface area contributed by atoms with Crippen LogP contribution in [0, 0.1) is 6.92 Å². The lowest BCUT2D eigenvalue weighted by Gasteiger charge is -2.24. The Kier molecular flexibility index (Phi) is 4.84. The highest BCUT2D eigenvalue weighted by atomic mass is 35.5. The van der Waals surface area contributed by atoms with Crippen molar-refractivity contribution in [1.29, 1.82) is 0 Å². The van der Waals surface area contributed by atoms with Crippen LogP contribution in [0.25, 0.3) is 0 Å². The van der Waals surface area contributed by atoms with E-state index < -0.39 is 0 Å². The molecule has 0 radical (unpaired) electrons. The average Bonchev–Trinajstić information content (AvgIpc) is 3.18. The zero-order chi connectivity index (χ0) is 17.4. The van der Waals surface area contributed by atoms with Gasteiger partial charge in [0.05, 0.1) is 28.2 Å². The summed E-state index contributed by atoms with van der Waals surface area (Å²) in [4.78, 5) is 14.1. The number of ether oxygens (including phenoxy) is 1. The van der Waals surface area contributed by atoms with Crippen molar-refractivity contribution in [2.75, 3.05) is 13.2 Å². The Morgan fingerprint density at radius 2 is 2.20 bits per heavy atom. The van der Waals surface area contributed by atoms with Crippen LogP contribution in [0.1, 0.15) is 64.3 Å². The maximum absolute atomic E-state index is 12.8.